The maximum absolute atomic E-state index is 6.10. The van der Waals surface area contributed by atoms with Crippen molar-refractivity contribution < 1.29 is 23.7 Å². The molecule has 23 heavy (non-hydrogen) atoms. The fourth-order valence-electron chi connectivity index (χ4n) is 2.61. The van der Waals surface area contributed by atoms with Crippen molar-refractivity contribution in [2.75, 3.05) is 27.6 Å². The molecule has 0 unspecified atom stereocenters. The lowest BCUT2D eigenvalue weighted by atomic mass is 9.98. The van der Waals surface area contributed by atoms with Crippen molar-refractivity contribution >= 4 is 0 Å². The van der Waals surface area contributed by atoms with Gasteiger partial charge in [-0.15, -0.1) is 6.58 Å². The highest BCUT2D eigenvalue weighted by Crippen LogP contribution is 2.25. The molecule has 0 N–H and O–H groups in total. The van der Waals surface area contributed by atoms with E-state index in [0.717, 1.165) is 11.3 Å². The van der Waals surface area contributed by atoms with E-state index in [1.54, 1.807) is 20.3 Å². The quantitative estimate of drug-likeness (QED) is 0.544. The summed E-state index contributed by atoms with van der Waals surface area (Å²) in [5, 5.41) is 0. The second-order valence-corrected chi connectivity index (χ2v) is 5.67. The summed E-state index contributed by atoms with van der Waals surface area (Å²) in [6, 6.07) is 7.91. The monoisotopic (exact) mass is 322 g/mol. The second kappa shape index (κ2) is 9.03. The summed E-state index contributed by atoms with van der Waals surface area (Å²) < 4.78 is 27.7. The first-order valence-corrected chi connectivity index (χ1v) is 7.81. The lowest BCUT2D eigenvalue weighted by Crippen LogP contribution is -2.46. The fourth-order valence-corrected chi connectivity index (χ4v) is 2.61. The fraction of sp³-hybridized carbons (Fsp3) is 0.556. The van der Waals surface area contributed by atoms with Crippen molar-refractivity contribution in [3.63, 3.8) is 0 Å². The number of hydrogen-bond donors (Lipinski definition) is 0. The van der Waals surface area contributed by atoms with Crippen LogP contribution in [0.1, 0.15) is 12.5 Å². The number of rotatable bonds is 8. The molecule has 0 aromatic heterocycles. The Bertz CT molecular complexity index is 473. The second-order valence-electron chi connectivity index (χ2n) is 5.67. The van der Waals surface area contributed by atoms with Crippen LogP contribution in [0.15, 0.2) is 36.9 Å². The molecule has 0 radical (unpaired) electrons. The number of methoxy groups -OCH3 is 2. The van der Waals surface area contributed by atoms with Crippen molar-refractivity contribution in [2.24, 2.45) is 5.92 Å². The zero-order valence-corrected chi connectivity index (χ0v) is 14.1. The molecule has 1 aliphatic rings. The lowest BCUT2D eigenvalue weighted by Gasteiger charge is -2.38. The van der Waals surface area contributed by atoms with Crippen LogP contribution in [-0.4, -0.2) is 46.1 Å². The van der Waals surface area contributed by atoms with E-state index in [0.29, 0.717) is 13.0 Å². The Kier molecular flexibility index (Phi) is 7.05. The van der Waals surface area contributed by atoms with Crippen LogP contribution in [0.2, 0.25) is 0 Å². The maximum Gasteiger partial charge on any atom is 0.162 e. The summed E-state index contributed by atoms with van der Waals surface area (Å²) >= 11 is 0. The molecule has 5 nitrogen and oxygen atoms in total. The van der Waals surface area contributed by atoms with E-state index in [2.05, 4.69) is 13.5 Å². The summed E-state index contributed by atoms with van der Waals surface area (Å²) in [6.07, 6.45) is 1.84. The molecule has 0 bridgehead atoms. The smallest absolute Gasteiger partial charge is 0.162 e. The van der Waals surface area contributed by atoms with E-state index < -0.39 is 0 Å². The summed E-state index contributed by atoms with van der Waals surface area (Å²) in [5.41, 5.74) is 1.14. The third-order valence-corrected chi connectivity index (χ3v) is 3.91. The summed E-state index contributed by atoms with van der Waals surface area (Å²) in [7, 11) is 3.25. The van der Waals surface area contributed by atoms with Crippen molar-refractivity contribution in [2.45, 2.75) is 31.8 Å². The minimum absolute atomic E-state index is 0.0975. The largest absolute Gasteiger partial charge is 0.497 e. The average molecular weight is 322 g/mol. The van der Waals surface area contributed by atoms with Crippen LogP contribution in [0, 0.1) is 5.92 Å². The van der Waals surface area contributed by atoms with Gasteiger partial charge in [-0.3, -0.25) is 0 Å². The molecule has 1 heterocycles. The van der Waals surface area contributed by atoms with Crippen molar-refractivity contribution in [3.05, 3.63) is 42.5 Å². The zero-order valence-electron chi connectivity index (χ0n) is 14.1. The highest BCUT2D eigenvalue weighted by atomic mass is 16.7. The van der Waals surface area contributed by atoms with Crippen LogP contribution in [0.3, 0.4) is 0 Å². The molecule has 0 aliphatic carbocycles. The van der Waals surface area contributed by atoms with Crippen molar-refractivity contribution in [3.8, 4) is 5.75 Å². The summed E-state index contributed by atoms with van der Waals surface area (Å²) in [6.45, 7) is 6.77. The van der Waals surface area contributed by atoms with E-state index in [1.165, 1.54) is 0 Å². The van der Waals surface area contributed by atoms with E-state index in [1.807, 2.05) is 24.3 Å². The predicted molar refractivity (Wildman–Crippen MR) is 87.4 cm³/mol. The van der Waals surface area contributed by atoms with E-state index >= 15 is 0 Å². The highest BCUT2D eigenvalue weighted by Gasteiger charge is 2.34. The Morgan fingerprint density at radius 2 is 2.04 bits per heavy atom. The first kappa shape index (κ1) is 17.9. The molecule has 1 aromatic rings. The zero-order chi connectivity index (χ0) is 16.7. The lowest BCUT2D eigenvalue weighted by molar-refractivity contribution is -0.257. The number of benzene rings is 1. The summed E-state index contributed by atoms with van der Waals surface area (Å²) in [4.78, 5) is 0. The van der Waals surface area contributed by atoms with Gasteiger partial charge in [-0.25, -0.2) is 0 Å². The molecule has 1 aliphatic heterocycles. The number of ether oxygens (including phenoxy) is 5. The molecule has 128 valence electrons. The molecule has 1 fully saturated rings. The van der Waals surface area contributed by atoms with Gasteiger partial charge in [0.1, 0.15) is 18.6 Å². The summed E-state index contributed by atoms with van der Waals surface area (Å²) in [5.74, 6) is 1.06. The average Bonchev–Trinajstić information content (AvgIpc) is 2.58. The van der Waals surface area contributed by atoms with Gasteiger partial charge in [0.25, 0.3) is 0 Å². The molecule has 0 spiro atoms. The van der Waals surface area contributed by atoms with Gasteiger partial charge in [0.15, 0.2) is 6.29 Å². The molecule has 1 saturated heterocycles. The number of hydrogen-bond acceptors (Lipinski definition) is 5. The van der Waals surface area contributed by atoms with Gasteiger partial charge < -0.3 is 23.7 Å². The molecular formula is C18H26O5. The predicted octanol–water partition coefficient (Wildman–Crippen LogP) is 2.79. The topological polar surface area (TPSA) is 46.2 Å². The van der Waals surface area contributed by atoms with Gasteiger partial charge in [0, 0.05) is 19.4 Å². The van der Waals surface area contributed by atoms with E-state index in [9.17, 15) is 0 Å². The Labute approximate surface area is 138 Å². The van der Waals surface area contributed by atoms with E-state index in [-0.39, 0.29) is 31.2 Å². The van der Waals surface area contributed by atoms with Crippen molar-refractivity contribution in [1.29, 1.82) is 0 Å². The first-order chi connectivity index (χ1) is 11.2. The van der Waals surface area contributed by atoms with Gasteiger partial charge in [-0.05, 0) is 17.7 Å². The highest BCUT2D eigenvalue weighted by molar-refractivity contribution is 5.27. The van der Waals surface area contributed by atoms with Crippen LogP contribution < -0.4 is 4.74 Å². The molecule has 2 rings (SSSR count). The Balaban J connectivity index is 1.96. The van der Waals surface area contributed by atoms with Gasteiger partial charge in [0.05, 0.1) is 19.8 Å². The molecule has 0 saturated carbocycles. The van der Waals surface area contributed by atoms with Crippen LogP contribution in [0.4, 0.5) is 0 Å². The minimum Gasteiger partial charge on any atom is -0.497 e. The molecular weight excluding hydrogens is 296 g/mol. The van der Waals surface area contributed by atoms with Crippen LogP contribution >= 0.6 is 0 Å². The molecule has 5 heteroatoms. The maximum atomic E-state index is 6.10. The SMILES string of the molecule is C=C[C@@H](OCOC)[C@@H]1O[C@H](Cc2ccc(OC)cc2)OC[C@@H]1C. The van der Waals surface area contributed by atoms with Gasteiger partial charge in [-0.1, -0.05) is 25.1 Å². The van der Waals surface area contributed by atoms with Crippen LogP contribution in [0.5, 0.6) is 5.75 Å². The molecule has 4 atom stereocenters. The van der Waals surface area contributed by atoms with Gasteiger partial charge in [0.2, 0.25) is 0 Å². The van der Waals surface area contributed by atoms with Gasteiger partial charge in [-0.2, -0.15) is 0 Å². The molecule has 0 amide bonds. The third-order valence-electron chi connectivity index (χ3n) is 3.91. The minimum atomic E-state index is -0.293. The Morgan fingerprint density at radius 3 is 2.65 bits per heavy atom. The molecule has 1 aromatic carbocycles. The normalized spacial score (nSPS) is 25.8. The van der Waals surface area contributed by atoms with E-state index in [4.69, 9.17) is 23.7 Å². The van der Waals surface area contributed by atoms with Crippen molar-refractivity contribution in [1.82, 2.24) is 0 Å². The third kappa shape index (κ3) is 5.04. The van der Waals surface area contributed by atoms with Gasteiger partial charge >= 0.3 is 0 Å². The Morgan fingerprint density at radius 1 is 1.30 bits per heavy atom. The standard InChI is InChI=1S/C18H26O5/c1-5-16(22-12-19-3)18-13(2)11-21-17(23-18)10-14-6-8-15(20-4)9-7-14/h5-9,13,16-18H,1,10-12H2,2-4H3/t13-,16+,17+,18+/m0/s1. The van der Waals surface area contributed by atoms with Crippen LogP contribution in [0.25, 0.3) is 0 Å². The first-order valence-electron chi connectivity index (χ1n) is 7.81. The van der Waals surface area contributed by atoms with Crippen LogP contribution in [-0.2, 0) is 25.4 Å². The Hall–Kier alpha value is -1.40.